The minimum absolute atomic E-state index is 0.0137. The Labute approximate surface area is 123 Å². The quantitative estimate of drug-likeness (QED) is 0.780. The van der Waals surface area contributed by atoms with Gasteiger partial charge in [0.2, 0.25) is 5.91 Å². The normalized spacial score (nSPS) is 34.4. The van der Waals surface area contributed by atoms with E-state index < -0.39 is 0 Å². The third kappa shape index (κ3) is 2.38. The van der Waals surface area contributed by atoms with Crippen LogP contribution in [0.3, 0.4) is 0 Å². The Bertz CT molecular complexity index is 466. The lowest BCUT2D eigenvalue weighted by atomic mass is 9.84. The molecule has 4 heteroatoms. The van der Waals surface area contributed by atoms with Crippen LogP contribution in [0.1, 0.15) is 19.3 Å². The average Bonchev–Trinajstić information content (AvgIpc) is 2.67. The van der Waals surface area contributed by atoms with Gasteiger partial charge in [0.05, 0.1) is 5.25 Å². The zero-order chi connectivity index (χ0) is 13.4. The highest BCUT2D eigenvalue weighted by Gasteiger charge is 2.50. The van der Waals surface area contributed by atoms with Gasteiger partial charge in [-0.1, -0.05) is 18.2 Å². The largest absolute Gasteiger partial charge is 0.341 e. The Balaban J connectivity index is 1.85. The van der Waals surface area contributed by atoms with Crippen LogP contribution >= 0.6 is 23.4 Å². The van der Waals surface area contributed by atoms with Crippen molar-refractivity contribution >= 4 is 29.3 Å². The molecule has 4 atom stereocenters. The predicted molar refractivity (Wildman–Crippen MR) is 79.6 cm³/mol. The van der Waals surface area contributed by atoms with Crippen molar-refractivity contribution in [1.29, 1.82) is 0 Å². The Morgan fingerprint density at radius 3 is 2.74 bits per heavy atom. The molecule has 0 spiro atoms. The molecular weight excluding hydrogens is 278 g/mol. The number of fused-ring (bicyclic) bond motifs is 1. The van der Waals surface area contributed by atoms with Crippen LogP contribution in [0.2, 0.25) is 0 Å². The van der Waals surface area contributed by atoms with E-state index in [0.717, 1.165) is 24.2 Å². The van der Waals surface area contributed by atoms with Crippen molar-refractivity contribution in [1.82, 2.24) is 4.90 Å². The molecule has 2 aliphatic rings. The summed E-state index contributed by atoms with van der Waals surface area (Å²) in [6.07, 6.45) is 3.27. The first-order valence-electron chi connectivity index (χ1n) is 6.81. The molecule has 3 rings (SSSR count). The molecule has 0 bridgehead atoms. The van der Waals surface area contributed by atoms with Crippen LogP contribution < -0.4 is 0 Å². The minimum Gasteiger partial charge on any atom is -0.341 e. The fraction of sp³-hybridized carbons (Fsp3) is 0.533. The number of hydrogen-bond acceptors (Lipinski definition) is 2. The molecule has 2 nitrogen and oxygen atoms in total. The van der Waals surface area contributed by atoms with Gasteiger partial charge in [0, 0.05) is 29.3 Å². The second-order valence-electron chi connectivity index (χ2n) is 5.39. The van der Waals surface area contributed by atoms with Crippen LogP contribution in [-0.4, -0.2) is 34.5 Å². The lowest BCUT2D eigenvalue weighted by molar-refractivity contribution is -0.127. The highest BCUT2D eigenvalue weighted by molar-refractivity contribution is 8.00. The van der Waals surface area contributed by atoms with Crippen LogP contribution in [0.5, 0.6) is 0 Å². The lowest BCUT2D eigenvalue weighted by Gasteiger charge is -2.33. The lowest BCUT2D eigenvalue weighted by Crippen LogP contribution is -2.38. The van der Waals surface area contributed by atoms with E-state index in [1.165, 1.54) is 0 Å². The number of likely N-dealkylation sites (tertiary alicyclic amines) is 1. The van der Waals surface area contributed by atoms with Crippen LogP contribution in [0.4, 0.5) is 0 Å². The maximum Gasteiger partial charge on any atom is 0.236 e. The highest BCUT2D eigenvalue weighted by Crippen LogP contribution is 2.45. The third-order valence-corrected chi connectivity index (χ3v) is 6.11. The summed E-state index contributed by atoms with van der Waals surface area (Å²) in [6, 6.07) is 10.5. The van der Waals surface area contributed by atoms with Crippen molar-refractivity contribution in [3.8, 4) is 0 Å². The SMILES string of the molecule is CN1C(=O)[C@@H](Sc2ccccc2)[C@@H]2[C@@H](Cl)CCC[C@@H]21. The number of thioether (sulfide) groups is 1. The molecule has 102 valence electrons. The van der Waals surface area contributed by atoms with E-state index >= 15 is 0 Å². The van der Waals surface area contributed by atoms with E-state index in [4.69, 9.17) is 11.6 Å². The molecular formula is C15H18ClNOS. The number of carbonyl (C=O) groups is 1. The van der Waals surface area contributed by atoms with Gasteiger partial charge < -0.3 is 4.90 Å². The number of amides is 1. The molecule has 1 aliphatic heterocycles. The van der Waals surface area contributed by atoms with Gasteiger partial charge in [-0.25, -0.2) is 0 Å². The van der Waals surface area contributed by atoms with E-state index in [1.54, 1.807) is 11.8 Å². The van der Waals surface area contributed by atoms with Gasteiger partial charge in [0.15, 0.2) is 0 Å². The smallest absolute Gasteiger partial charge is 0.236 e. The van der Waals surface area contributed by atoms with Crippen molar-refractivity contribution in [2.75, 3.05) is 7.05 Å². The van der Waals surface area contributed by atoms with Gasteiger partial charge in [-0.05, 0) is 31.4 Å². The zero-order valence-corrected chi connectivity index (χ0v) is 12.5. The van der Waals surface area contributed by atoms with Gasteiger partial charge >= 0.3 is 0 Å². The fourth-order valence-electron chi connectivity index (χ4n) is 3.29. The zero-order valence-electron chi connectivity index (χ0n) is 11.0. The number of halogens is 1. The number of alkyl halides is 1. The summed E-state index contributed by atoms with van der Waals surface area (Å²) in [4.78, 5) is 15.6. The number of benzene rings is 1. The Morgan fingerprint density at radius 2 is 2.00 bits per heavy atom. The molecule has 1 saturated carbocycles. The first kappa shape index (κ1) is 13.3. The number of carbonyl (C=O) groups excluding carboxylic acids is 1. The molecule has 0 unspecified atom stereocenters. The standard InChI is InChI=1S/C15H18ClNOS/c1-17-12-9-5-8-11(16)13(12)14(15(17)18)19-10-6-3-2-4-7-10/h2-4,6-7,11-14H,5,8-9H2,1H3/t11-,12-,13+,14-/m0/s1. The molecule has 19 heavy (non-hydrogen) atoms. The number of hydrogen-bond donors (Lipinski definition) is 0. The van der Waals surface area contributed by atoms with Crippen molar-refractivity contribution in [3.63, 3.8) is 0 Å². The minimum atomic E-state index is -0.0137. The van der Waals surface area contributed by atoms with Gasteiger partial charge in [-0.15, -0.1) is 23.4 Å². The third-order valence-electron chi connectivity index (χ3n) is 4.29. The van der Waals surface area contributed by atoms with Crippen molar-refractivity contribution in [3.05, 3.63) is 30.3 Å². The topological polar surface area (TPSA) is 20.3 Å². The van der Waals surface area contributed by atoms with Gasteiger partial charge in [0.1, 0.15) is 0 Å². The molecule has 1 aliphatic carbocycles. The van der Waals surface area contributed by atoms with Crippen molar-refractivity contribution in [2.45, 2.75) is 40.8 Å². The summed E-state index contributed by atoms with van der Waals surface area (Å²) in [5.41, 5.74) is 0. The number of rotatable bonds is 2. The second kappa shape index (κ2) is 5.37. The van der Waals surface area contributed by atoms with E-state index in [0.29, 0.717) is 6.04 Å². The fourth-order valence-corrected chi connectivity index (χ4v) is 5.25. The molecule has 0 N–H and O–H groups in total. The Kier molecular flexibility index (Phi) is 3.77. The van der Waals surface area contributed by atoms with E-state index in [1.807, 2.05) is 30.1 Å². The van der Waals surface area contributed by atoms with Gasteiger partial charge in [0.25, 0.3) is 0 Å². The van der Waals surface area contributed by atoms with Crippen LogP contribution in [0.25, 0.3) is 0 Å². The Hall–Kier alpha value is -0.670. The molecule has 0 radical (unpaired) electrons. The maximum atomic E-state index is 12.5. The molecule has 1 aromatic carbocycles. The molecule has 0 aromatic heterocycles. The molecule has 1 saturated heterocycles. The Morgan fingerprint density at radius 1 is 1.26 bits per heavy atom. The molecule has 1 amide bonds. The summed E-state index contributed by atoms with van der Waals surface area (Å²) in [6.45, 7) is 0. The van der Waals surface area contributed by atoms with E-state index in [2.05, 4.69) is 12.1 Å². The first-order valence-corrected chi connectivity index (χ1v) is 8.12. The summed E-state index contributed by atoms with van der Waals surface area (Å²) < 4.78 is 0. The van der Waals surface area contributed by atoms with E-state index in [-0.39, 0.29) is 22.5 Å². The van der Waals surface area contributed by atoms with Crippen LogP contribution in [0, 0.1) is 5.92 Å². The van der Waals surface area contributed by atoms with Crippen LogP contribution in [0.15, 0.2) is 35.2 Å². The summed E-state index contributed by atoms with van der Waals surface area (Å²) in [5, 5.41) is 0.120. The summed E-state index contributed by atoms with van der Waals surface area (Å²) in [7, 11) is 1.93. The van der Waals surface area contributed by atoms with Crippen molar-refractivity contribution < 1.29 is 4.79 Å². The van der Waals surface area contributed by atoms with Gasteiger partial charge in [-0.2, -0.15) is 0 Å². The van der Waals surface area contributed by atoms with E-state index in [9.17, 15) is 4.79 Å². The van der Waals surface area contributed by atoms with Gasteiger partial charge in [-0.3, -0.25) is 4.79 Å². The highest BCUT2D eigenvalue weighted by atomic mass is 35.5. The molecule has 1 aromatic rings. The van der Waals surface area contributed by atoms with Crippen molar-refractivity contribution in [2.24, 2.45) is 5.92 Å². The maximum absolute atomic E-state index is 12.5. The predicted octanol–water partition coefficient (Wildman–Crippen LogP) is 3.40. The number of nitrogens with zero attached hydrogens (tertiary/aromatic N) is 1. The summed E-state index contributed by atoms with van der Waals surface area (Å²) >= 11 is 8.19. The molecule has 2 fully saturated rings. The summed E-state index contributed by atoms with van der Waals surface area (Å²) in [5.74, 6) is 0.537. The monoisotopic (exact) mass is 295 g/mol. The average molecular weight is 296 g/mol. The molecule has 1 heterocycles. The van der Waals surface area contributed by atoms with Crippen LogP contribution in [-0.2, 0) is 4.79 Å². The second-order valence-corrected chi connectivity index (χ2v) is 7.17. The first-order chi connectivity index (χ1) is 9.18.